The largest absolute Gasteiger partial charge is 0.384 e. The molecule has 1 saturated carbocycles. The molecule has 0 amide bonds. The monoisotopic (exact) mass is 221 g/mol. The molecule has 0 spiro atoms. The van der Waals surface area contributed by atoms with Gasteiger partial charge in [0, 0.05) is 6.04 Å². The number of nitrogens with zero attached hydrogens (tertiary/aromatic N) is 2. The summed E-state index contributed by atoms with van der Waals surface area (Å²) in [6.07, 6.45) is 12.1. The maximum Gasteiger partial charge on any atom is 0.126 e. The predicted molar refractivity (Wildman–Crippen MR) is 67.4 cm³/mol. The van der Waals surface area contributed by atoms with Crippen molar-refractivity contribution < 1.29 is 0 Å². The molecular weight excluding hydrogens is 198 g/mol. The van der Waals surface area contributed by atoms with Gasteiger partial charge in [-0.3, -0.25) is 0 Å². The van der Waals surface area contributed by atoms with E-state index in [4.69, 9.17) is 5.73 Å². The molecule has 3 nitrogen and oxygen atoms in total. The van der Waals surface area contributed by atoms with E-state index in [9.17, 15) is 0 Å². The Morgan fingerprint density at radius 1 is 1.31 bits per heavy atom. The molecule has 0 aromatic carbocycles. The summed E-state index contributed by atoms with van der Waals surface area (Å²) in [4.78, 5) is 4.43. The Bertz CT molecular complexity index is 326. The lowest BCUT2D eigenvalue weighted by molar-refractivity contribution is 0.629. The van der Waals surface area contributed by atoms with Crippen LogP contribution in [0.3, 0.4) is 0 Å². The summed E-state index contributed by atoms with van der Waals surface area (Å²) in [5.74, 6) is 0.915. The Morgan fingerprint density at radius 3 is 2.75 bits per heavy atom. The molecule has 0 aliphatic heterocycles. The van der Waals surface area contributed by atoms with Gasteiger partial charge in [0.2, 0.25) is 0 Å². The molecule has 1 aliphatic rings. The van der Waals surface area contributed by atoms with Crippen LogP contribution in [0, 0.1) is 0 Å². The number of aryl methyl sites for hydroxylation is 1. The fraction of sp³-hybridized carbons (Fsp3) is 0.769. The normalized spacial score (nSPS) is 15.6. The molecule has 0 bridgehead atoms. The van der Waals surface area contributed by atoms with Gasteiger partial charge in [0.05, 0.1) is 12.0 Å². The molecule has 0 saturated heterocycles. The minimum absolute atomic E-state index is 0.654. The van der Waals surface area contributed by atoms with Crippen molar-refractivity contribution in [1.29, 1.82) is 0 Å². The van der Waals surface area contributed by atoms with Crippen molar-refractivity contribution in [3.8, 4) is 0 Å². The summed E-state index contributed by atoms with van der Waals surface area (Å²) in [6.45, 7) is 2.25. The molecule has 16 heavy (non-hydrogen) atoms. The highest BCUT2D eigenvalue weighted by molar-refractivity contribution is 5.37. The van der Waals surface area contributed by atoms with Gasteiger partial charge in [0.25, 0.3) is 0 Å². The summed E-state index contributed by atoms with van der Waals surface area (Å²) >= 11 is 0. The lowest BCUT2D eigenvalue weighted by Gasteiger charge is -2.03. The number of nitrogens with two attached hydrogens (primary N) is 1. The van der Waals surface area contributed by atoms with Gasteiger partial charge < -0.3 is 10.3 Å². The highest BCUT2D eigenvalue weighted by Gasteiger charge is 2.25. The van der Waals surface area contributed by atoms with Crippen LogP contribution in [-0.2, 0) is 6.42 Å². The highest BCUT2D eigenvalue weighted by Crippen LogP contribution is 2.37. The zero-order chi connectivity index (χ0) is 11.4. The fourth-order valence-corrected chi connectivity index (χ4v) is 2.14. The third-order valence-electron chi connectivity index (χ3n) is 3.37. The SMILES string of the molecule is CCCCCCCc1ncn(C2CC2)c1N. The third kappa shape index (κ3) is 2.77. The Morgan fingerprint density at radius 2 is 2.06 bits per heavy atom. The molecule has 3 heteroatoms. The number of anilines is 1. The van der Waals surface area contributed by atoms with E-state index in [1.54, 1.807) is 0 Å². The Kier molecular flexibility index (Phi) is 3.86. The van der Waals surface area contributed by atoms with Crippen LogP contribution < -0.4 is 5.73 Å². The van der Waals surface area contributed by atoms with Crippen LogP contribution in [0.25, 0.3) is 0 Å². The second kappa shape index (κ2) is 5.37. The molecular formula is C13H23N3. The van der Waals surface area contributed by atoms with E-state index in [1.165, 1.54) is 44.9 Å². The van der Waals surface area contributed by atoms with Gasteiger partial charge in [-0.2, -0.15) is 0 Å². The van der Waals surface area contributed by atoms with Crippen LogP contribution >= 0.6 is 0 Å². The van der Waals surface area contributed by atoms with E-state index in [0.29, 0.717) is 6.04 Å². The van der Waals surface area contributed by atoms with Crippen LogP contribution in [0.15, 0.2) is 6.33 Å². The smallest absolute Gasteiger partial charge is 0.126 e. The Labute approximate surface area is 98.1 Å². The van der Waals surface area contributed by atoms with Crippen molar-refractivity contribution in [3.63, 3.8) is 0 Å². The summed E-state index contributed by atoms with van der Waals surface area (Å²) in [6, 6.07) is 0.654. The van der Waals surface area contributed by atoms with E-state index < -0.39 is 0 Å². The van der Waals surface area contributed by atoms with E-state index in [-0.39, 0.29) is 0 Å². The van der Waals surface area contributed by atoms with Crippen LogP contribution in [0.2, 0.25) is 0 Å². The molecule has 0 atom stereocenters. The number of nitrogen functional groups attached to an aromatic ring is 1. The predicted octanol–water partition coefficient (Wildman–Crippen LogP) is 3.31. The second-order valence-corrected chi connectivity index (χ2v) is 4.88. The van der Waals surface area contributed by atoms with Crippen LogP contribution in [0.5, 0.6) is 0 Å². The van der Waals surface area contributed by atoms with Crippen molar-refractivity contribution >= 4 is 5.82 Å². The zero-order valence-corrected chi connectivity index (χ0v) is 10.3. The van der Waals surface area contributed by atoms with Crippen molar-refractivity contribution in [1.82, 2.24) is 9.55 Å². The first-order chi connectivity index (χ1) is 7.83. The number of hydrogen-bond donors (Lipinski definition) is 1. The van der Waals surface area contributed by atoms with Crippen LogP contribution in [0.4, 0.5) is 5.82 Å². The second-order valence-electron chi connectivity index (χ2n) is 4.88. The minimum atomic E-state index is 0.654. The Balaban J connectivity index is 1.76. The average molecular weight is 221 g/mol. The lowest BCUT2D eigenvalue weighted by Crippen LogP contribution is -2.01. The van der Waals surface area contributed by atoms with Crippen molar-refractivity contribution in [2.24, 2.45) is 0 Å². The van der Waals surface area contributed by atoms with Gasteiger partial charge in [0.1, 0.15) is 5.82 Å². The van der Waals surface area contributed by atoms with Gasteiger partial charge in [-0.05, 0) is 25.7 Å². The molecule has 1 fully saturated rings. The standard InChI is InChI=1S/C13H23N3/c1-2-3-4-5-6-7-12-13(14)16(10-15-12)11-8-9-11/h10-11H,2-9,14H2,1H3. The van der Waals surface area contributed by atoms with Gasteiger partial charge in [0.15, 0.2) is 0 Å². The number of aromatic nitrogens is 2. The molecule has 1 aliphatic carbocycles. The van der Waals surface area contributed by atoms with Gasteiger partial charge in [-0.25, -0.2) is 4.98 Å². The average Bonchev–Trinajstić information content (AvgIpc) is 3.05. The van der Waals surface area contributed by atoms with E-state index in [0.717, 1.165) is 17.9 Å². The quantitative estimate of drug-likeness (QED) is 0.718. The first-order valence-electron chi connectivity index (χ1n) is 6.64. The molecule has 2 N–H and O–H groups in total. The molecule has 1 aromatic heterocycles. The number of hydrogen-bond acceptors (Lipinski definition) is 2. The van der Waals surface area contributed by atoms with Crippen molar-refractivity contribution in [2.45, 2.75) is 64.3 Å². The van der Waals surface area contributed by atoms with Gasteiger partial charge in [-0.1, -0.05) is 32.6 Å². The summed E-state index contributed by atoms with van der Waals surface area (Å²) in [7, 11) is 0. The topological polar surface area (TPSA) is 43.8 Å². The van der Waals surface area contributed by atoms with Crippen molar-refractivity contribution in [2.75, 3.05) is 5.73 Å². The molecule has 1 aromatic rings. The van der Waals surface area contributed by atoms with E-state index in [2.05, 4.69) is 16.5 Å². The fourth-order valence-electron chi connectivity index (χ4n) is 2.14. The highest BCUT2D eigenvalue weighted by atomic mass is 15.2. The summed E-state index contributed by atoms with van der Waals surface area (Å²) < 4.78 is 2.15. The lowest BCUT2D eigenvalue weighted by atomic mass is 10.1. The first kappa shape index (κ1) is 11.5. The molecule has 90 valence electrons. The maximum absolute atomic E-state index is 6.09. The summed E-state index contributed by atoms with van der Waals surface area (Å²) in [5.41, 5.74) is 7.20. The molecule has 2 rings (SSSR count). The zero-order valence-electron chi connectivity index (χ0n) is 10.3. The number of rotatable bonds is 7. The third-order valence-corrected chi connectivity index (χ3v) is 3.37. The molecule has 0 radical (unpaired) electrons. The van der Waals surface area contributed by atoms with E-state index >= 15 is 0 Å². The van der Waals surface area contributed by atoms with Crippen LogP contribution in [0.1, 0.15) is 63.6 Å². The number of imidazole rings is 1. The van der Waals surface area contributed by atoms with Crippen molar-refractivity contribution in [3.05, 3.63) is 12.0 Å². The number of unbranched alkanes of at least 4 members (excludes halogenated alkanes) is 4. The van der Waals surface area contributed by atoms with Crippen LogP contribution in [-0.4, -0.2) is 9.55 Å². The summed E-state index contributed by atoms with van der Waals surface area (Å²) in [5, 5.41) is 0. The van der Waals surface area contributed by atoms with Gasteiger partial charge >= 0.3 is 0 Å². The van der Waals surface area contributed by atoms with Gasteiger partial charge in [-0.15, -0.1) is 0 Å². The Hall–Kier alpha value is -0.990. The van der Waals surface area contributed by atoms with E-state index in [1.807, 2.05) is 6.33 Å². The minimum Gasteiger partial charge on any atom is -0.384 e. The first-order valence-corrected chi connectivity index (χ1v) is 6.64. The molecule has 1 heterocycles. The molecule has 0 unspecified atom stereocenters. The maximum atomic E-state index is 6.09.